The van der Waals surface area contributed by atoms with Gasteiger partial charge in [-0.1, -0.05) is 48.5 Å². The molecule has 0 unspecified atom stereocenters. The first kappa shape index (κ1) is 17.0. The van der Waals surface area contributed by atoms with Gasteiger partial charge in [0.05, 0.1) is 18.5 Å². The number of rotatable bonds is 3. The molecular formula is C23H20N2O2. The quantitative estimate of drug-likeness (QED) is 0.707. The molecule has 0 saturated heterocycles. The van der Waals surface area contributed by atoms with Crippen LogP contribution in [0.1, 0.15) is 11.1 Å². The Balaban J connectivity index is 1.91. The van der Waals surface area contributed by atoms with Crippen LogP contribution in [0.15, 0.2) is 77.8 Å². The topological polar surface area (TPSA) is 41.9 Å². The van der Waals surface area contributed by atoms with Gasteiger partial charge in [-0.15, -0.1) is 0 Å². The van der Waals surface area contributed by atoms with Crippen LogP contribution in [0.2, 0.25) is 0 Å². The van der Waals surface area contributed by atoms with Gasteiger partial charge in [0.1, 0.15) is 12.3 Å². The highest BCUT2D eigenvalue weighted by atomic mass is 16.5. The van der Waals surface area contributed by atoms with E-state index < -0.39 is 0 Å². The van der Waals surface area contributed by atoms with Gasteiger partial charge in [0.2, 0.25) is 5.91 Å². The lowest BCUT2D eigenvalue weighted by Crippen LogP contribution is -2.27. The summed E-state index contributed by atoms with van der Waals surface area (Å²) in [6, 6.07) is 24.1. The molecule has 27 heavy (non-hydrogen) atoms. The Bertz CT molecular complexity index is 1030. The molecule has 0 bridgehead atoms. The molecule has 3 aromatic carbocycles. The van der Waals surface area contributed by atoms with Crippen LogP contribution in [-0.2, 0) is 4.79 Å². The van der Waals surface area contributed by atoms with Crippen molar-refractivity contribution in [1.82, 2.24) is 0 Å². The van der Waals surface area contributed by atoms with E-state index >= 15 is 0 Å². The van der Waals surface area contributed by atoms with E-state index in [-0.39, 0.29) is 12.5 Å². The average Bonchev–Trinajstić information content (AvgIpc) is 2.85. The van der Waals surface area contributed by atoms with Gasteiger partial charge >= 0.3 is 0 Å². The summed E-state index contributed by atoms with van der Waals surface area (Å²) in [5, 5.41) is 0. The second kappa shape index (κ2) is 7.08. The van der Waals surface area contributed by atoms with Crippen molar-refractivity contribution in [2.75, 3.05) is 25.6 Å². The van der Waals surface area contributed by atoms with E-state index in [1.165, 1.54) is 0 Å². The van der Waals surface area contributed by atoms with Crippen LogP contribution in [0.3, 0.4) is 0 Å². The first-order chi connectivity index (χ1) is 13.2. The molecule has 1 aliphatic rings. The molecule has 0 aromatic heterocycles. The normalized spacial score (nSPS) is 13.6. The third-order valence-corrected chi connectivity index (χ3v) is 4.81. The highest BCUT2D eigenvalue weighted by Gasteiger charge is 2.23. The fraction of sp³-hybridized carbons (Fsp3) is 0.130. The van der Waals surface area contributed by atoms with E-state index in [0.717, 1.165) is 39.4 Å². The number of hydrogen-bond donors (Lipinski definition) is 0. The smallest absolute Gasteiger partial charge is 0.248 e. The minimum absolute atomic E-state index is 0.0263. The fourth-order valence-electron chi connectivity index (χ4n) is 3.32. The number of nitrogens with zero attached hydrogens (tertiary/aromatic N) is 2. The number of aliphatic imine (C=N–C) groups is 1. The third-order valence-electron chi connectivity index (χ3n) is 4.81. The average molecular weight is 356 g/mol. The zero-order valence-corrected chi connectivity index (χ0v) is 15.3. The lowest BCUT2D eigenvalue weighted by atomic mass is 9.95. The summed E-state index contributed by atoms with van der Waals surface area (Å²) in [5.74, 6) is 0.737. The van der Waals surface area contributed by atoms with Crippen LogP contribution in [0.4, 0.5) is 5.69 Å². The Labute approximate surface area is 158 Å². The number of likely N-dealkylation sites (N-methyl/N-ethyl adjacent to an activating group) is 1. The van der Waals surface area contributed by atoms with E-state index in [1.807, 2.05) is 54.6 Å². The van der Waals surface area contributed by atoms with Crippen molar-refractivity contribution < 1.29 is 9.53 Å². The molecule has 4 nitrogen and oxygen atoms in total. The van der Waals surface area contributed by atoms with Crippen molar-refractivity contribution in [3.05, 3.63) is 83.9 Å². The first-order valence-electron chi connectivity index (χ1n) is 8.82. The molecule has 1 amide bonds. The van der Waals surface area contributed by atoms with Crippen molar-refractivity contribution in [2.24, 2.45) is 4.99 Å². The lowest BCUT2D eigenvalue weighted by Gasteiger charge is -2.19. The number of carbonyl (C=O) groups excluding carboxylic acids is 1. The number of carbonyl (C=O) groups is 1. The Morgan fingerprint density at radius 3 is 2.44 bits per heavy atom. The van der Waals surface area contributed by atoms with E-state index in [1.54, 1.807) is 19.1 Å². The van der Waals surface area contributed by atoms with Gasteiger partial charge in [0.25, 0.3) is 0 Å². The van der Waals surface area contributed by atoms with Gasteiger partial charge in [0, 0.05) is 18.2 Å². The maximum absolute atomic E-state index is 12.4. The number of benzodiazepines with no additional fused rings is 1. The number of amides is 1. The van der Waals surface area contributed by atoms with Crippen LogP contribution < -0.4 is 9.64 Å². The standard InChI is InChI=1S/C23H20N2O2/c1-25-21-12-11-17(16-7-4-3-5-8-16)14-20(21)23(24-15-22(25)26)18-9-6-10-19(13-18)27-2/h3-14H,15H2,1-2H3. The molecule has 0 spiro atoms. The molecule has 0 aliphatic carbocycles. The van der Waals surface area contributed by atoms with Gasteiger partial charge in [-0.05, 0) is 35.4 Å². The highest BCUT2D eigenvalue weighted by molar-refractivity contribution is 6.20. The second-order valence-corrected chi connectivity index (χ2v) is 6.45. The van der Waals surface area contributed by atoms with Gasteiger partial charge < -0.3 is 9.64 Å². The molecular weight excluding hydrogens is 336 g/mol. The molecule has 0 radical (unpaired) electrons. The lowest BCUT2D eigenvalue weighted by molar-refractivity contribution is -0.116. The van der Waals surface area contributed by atoms with Crippen LogP contribution in [0.25, 0.3) is 11.1 Å². The maximum Gasteiger partial charge on any atom is 0.248 e. The third kappa shape index (κ3) is 3.22. The first-order valence-corrected chi connectivity index (χ1v) is 8.82. The highest BCUT2D eigenvalue weighted by Crippen LogP contribution is 2.31. The predicted octanol–water partition coefficient (Wildman–Crippen LogP) is 4.18. The molecule has 4 rings (SSSR count). The van der Waals surface area contributed by atoms with Gasteiger partial charge in [-0.3, -0.25) is 9.79 Å². The van der Waals surface area contributed by atoms with E-state index in [0.29, 0.717) is 0 Å². The van der Waals surface area contributed by atoms with Gasteiger partial charge in [-0.25, -0.2) is 0 Å². The summed E-state index contributed by atoms with van der Waals surface area (Å²) < 4.78 is 5.37. The molecule has 0 N–H and O–H groups in total. The minimum atomic E-state index is -0.0263. The Morgan fingerprint density at radius 1 is 0.889 bits per heavy atom. The maximum atomic E-state index is 12.4. The van der Waals surface area contributed by atoms with Crippen molar-refractivity contribution >= 4 is 17.3 Å². The van der Waals surface area contributed by atoms with Crippen molar-refractivity contribution in [2.45, 2.75) is 0 Å². The predicted molar refractivity (Wildman–Crippen MR) is 109 cm³/mol. The molecule has 0 atom stereocenters. The number of hydrogen-bond acceptors (Lipinski definition) is 3. The minimum Gasteiger partial charge on any atom is -0.497 e. The second-order valence-electron chi connectivity index (χ2n) is 6.45. The Hall–Kier alpha value is -3.40. The number of ether oxygens (including phenoxy) is 1. The van der Waals surface area contributed by atoms with Crippen LogP contribution in [0.5, 0.6) is 5.75 Å². The van der Waals surface area contributed by atoms with E-state index in [4.69, 9.17) is 4.74 Å². The molecule has 1 aliphatic heterocycles. The van der Waals surface area contributed by atoms with Crippen molar-refractivity contribution in [3.63, 3.8) is 0 Å². The zero-order chi connectivity index (χ0) is 18.8. The number of benzene rings is 3. The fourth-order valence-corrected chi connectivity index (χ4v) is 3.32. The summed E-state index contributed by atoms with van der Waals surface area (Å²) in [7, 11) is 3.44. The van der Waals surface area contributed by atoms with Crippen LogP contribution >= 0.6 is 0 Å². The van der Waals surface area contributed by atoms with Crippen molar-refractivity contribution in [3.8, 4) is 16.9 Å². The summed E-state index contributed by atoms with van der Waals surface area (Å²) in [5.41, 5.74) is 5.76. The van der Waals surface area contributed by atoms with Crippen molar-refractivity contribution in [1.29, 1.82) is 0 Å². The number of fused-ring (bicyclic) bond motifs is 1. The van der Waals surface area contributed by atoms with Crippen LogP contribution in [-0.4, -0.2) is 32.3 Å². The van der Waals surface area contributed by atoms with Gasteiger partial charge in [-0.2, -0.15) is 0 Å². The molecule has 4 heteroatoms. The molecule has 0 fully saturated rings. The number of methoxy groups -OCH3 is 1. The molecule has 3 aromatic rings. The summed E-state index contributed by atoms with van der Waals surface area (Å²) in [6.45, 7) is 0.123. The monoisotopic (exact) mass is 356 g/mol. The summed E-state index contributed by atoms with van der Waals surface area (Å²) in [4.78, 5) is 18.8. The largest absolute Gasteiger partial charge is 0.497 e. The molecule has 134 valence electrons. The molecule has 0 saturated carbocycles. The van der Waals surface area contributed by atoms with E-state index in [9.17, 15) is 4.79 Å². The summed E-state index contributed by atoms with van der Waals surface area (Å²) in [6.07, 6.45) is 0. The zero-order valence-electron chi connectivity index (χ0n) is 15.3. The van der Waals surface area contributed by atoms with E-state index in [2.05, 4.69) is 23.2 Å². The van der Waals surface area contributed by atoms with Crippen LogP contribution in [0, 0.1) is 0 Å². The SMILES string of the molecule is COc1cccc(C2=NCC(=O)N(C)c3ccc(-c4ccccc4)cc32)c1. The van der Waals surface area contributed by atoms with Gasteiger partial charge in [0.15, 0.2) is 0 Å². The summed E-state index contributed by atoms with van der Waals surface area (Å²) >= 11 is 0. The molecule has 1 heterocycles. The Morgan fingerprint density at radius 2 is 1.67 bits per heavy atom. The Kier molecular flexibility index (Phi) is 4.47. The number of anilines is 1.